The molecule has 2 aliphatic rings. The van der Waals surface area contributed by atoms with Crippen molar-refractivity contribution in [2.24, 2.45) is 0 Å². The summed E-state index contributed by atoms with van der Waals surface area (Å²) in [5.74, 6) is 1.23. The molecule has 2 fully saturated rings. The summed E-state index contributed by atoms with van der Waals surface area (Å²) in [6.07, 6.45) is 6.40. The highest BCUT2D eigenvalue weighted by atomic mass is 35.5. The van der Waals surface area contributed by atoms with E-state index < -0.39 is 0 Å². The molecule has 2 aliphatic heterocycles. The number of hydrogen-bond acceptors (Lipinski definition) is 9. The fourth-order valence-electron chi connectivity index (χ4n) is 6.50. The van der Waals surface area contributed by atoms with E-state index in [0.29, 0.717) is 66.4 Å². The van der Waals surface area contributed by atoms with Crippen molar-refractivity contribution in [3.63, 3.8) is 0 Å². The topological polar surface area (TPSA) is 101 Å². The fraction of sp³-hybridized carbons (Fsp3) is 0.378. The smallest absolute Gasteiger partial charge is 0.259 e. The van der Waals surface area contributed by atoms with Crippen molar-refractivity contribution < 1.29 is 19.0 Å². The van der Waals surface area contributed by atoms with Gasteiger partial charge in [-0.1, -0.05) is 29.3 Å². The Labute approximate surface area is 301 Å². The maximum atomic E-state index is 14.7. The van der Waals surface area contributed by atoms with Crippen molar-refractivity contribution >= 4 is 57.2 Å². The van der Waals surface area contributed by atoms with Crippen LogP contribution in [0.3, 0.4) is 0 Å². The monoisotopic (exact) mass is 720 g/mol. The Morgan fingerprint density at radius 3 is 2.28 bits per heavy atom. The van der Waals surface area contributed by atoms with Gasteiger partial charge in [0.05, 0.1) is 48.6 Å². The van der Waals surface area contributed by atoms with Crippen LogP contribution in [0.2, 0.25) is 10.0 Å². The van der Waals surface area contributed by atoms with Gasteiger partial charge in [0.25, 0.3) is 5.56 Å². The number of likely N-dealkylation sites (N-methyl/N-ethyl adjacent to an activating group) is 1. The number of nitrogens with one attached hydrogen (secondary N) is 1. The molecule has 0 radical (unpaired) electrons. The van der Waals surface area contributed by atoms with E-state index in [1.165, 1.54) is 14.2 Å². The van der Waals surface area contributed by atoms with Gasteiger partial charge < -0.3 is 38.8 Å². The molecule has 1 N–H and O–H groups in total. The lowest BCUT2D eigenvalue weighted by Gasteiger charge is -2.33. The summed E-state index contributed by atoms with van der Waals surface area (Å²) in [4.78, 5) is 38.5. The molecule has 11 nitrogen and oxygen atoms in total. The largest absolute Gasteiger partial charge is 0.495 e. The van der Waals surface area contributed by atoms with Crippen LogP contribution in [-0.4, -0.2) is 99.5 Å². The van der Waals surface area contributed by atoms with Crippen LogP contribution in [0.15, 0.2) is 65.6 Å². The molecule has 4 heterocycles. The number of ether oxygens (including phenoxy) is 3. The van der Waals surface area contributed by atoms with Gasteiger partial charge in [-0.15, -0.1) is 0 Å². The number of pyridine rings is 2. The van der Waals surface area contributed by atoms with Gasteiger partial charge in [0.15, 0.2) is 0 Å². The summed E-state index contributed by atoms with van der Waals surface area (Å²) < 4.78 is 18.3. The Bertz CT molecular complexity index is 1910. The first-order valence-corrected chi connectivity index (χ1v) is 17.4. The fourth-order valence-corrected chi connectivity index (χ4v) is 7.21. The number of likely N-dealkylation sites (tertiary alicyclic amines) is 1. The first kappa shape index (κ1) is 35.5. The van der Waals surface area contributed by atoms with Crippen molar-refractivity contribution in [2.75, 3.05) is 84.5 Å². The average molecular weight is 722 g/mol. The molecule has 0 atom stereocenters. The van der Waals surface area contributed by atoms with Crippen molar-refractivity contribution in [1.82, 2.24) is 19.4 Å². The number of anilines is 3. The number of carbonyl (C=O) groups is 1. The molecule has 6 rings (SSSR count). The van der Waals surface area contributed by atoms with E-state index in [1.807, 2.05) is 48.2 Å². The number of fused-ring (bicyclic) bond motifs is 1. The lowest BCUT2D eigenvalue weighted by molar-refractivity contribution is -0.127. The number of carbonyl (C=O) groups excluding carboxylic acids is 1. The third-order valence-electron chi connectivity index (χ3n) is 9.15. The highest BCUT2D eigenvalue weighted by molar-refractivity contribution is 6.41. The number of halogens is 2. The zero-order chi connectivity index (χ0) is 35.4. The van der Waals surface area contributed by atoms with E-state index in [4.69, 9.17) is 42.4 Å². The second-order valence-corrected chi connectivity index (χ2v) is 13.4. The Hall–Kier alpha value is -4.29. The highest BCUT2D eigenvalue weighted by Crippen LogP contribution is 2.46. The van der Waals surface area contributed by atoms with E-state index >= 15 is 0 Å². The zero-order valence-corrected chi connectivity index (χ0v) is 30.3. The van der Waals surface area contributed by atoms with Gasteiger partial charge in [0.1, 0.15) is 17.3 Å². The first-order valence-electron chi connectivity index (χ1n) is 16.6. The van der Waals surface area contributed by atoms with Crippen LogP contribution in [0, 0.1) is 0 Å². The van der Waals surface area contributed by atoms with Crippen molar-refractivity contribution in [2.45, 2.75) is 18.9 Å². The summed E-state index contributed by atoms with van der Waals surface area (Å²) in [5.41, 5.74) is 3.08. The minimum Gasteiger partial charge on any atom is -0.495 e. The van der Waals surface area contributed by atoms with Crippen LogP contribution in [0.5, 0.6) is 11.5 Å². The van der Waals surface area contributed by atoms with Crippen LogP contribution in [-0.2, 0) is 9.53 Å². The second kappa shape index (κ2) is 15.7. The minimum absolute atomic E-state index is 0.0337. The first-order chi connectivity index (χ1) is 24.2. The highest BCUT2D eigenvalue weighted by Gasteiger charge is 2.28. The summed E-state index contributed by atoms with van der Waals surface area (Å²) in [5, 5.41) is 4.55. The van der Waals surface area contributed by atoms with Gasteiger partial charge in [-0.25, -0.2) is 4.98 Å². The number of amides is 1. The van der Waals surface area contributed by atoms with Crippen molar-refractivity contribution in [1.29, 1.82) is 0 Å². The number of nitrogens with zero attached hydrogens (tertiary/aromatic N) is 5. The van der Waals surface area contributed by atoms with Crippen LogP contribution in [0.4, 0.5) is 17.2 Å². The van der Waals surface area contributed by atoms with E-state index in [1.54, 1.807) is 29.0 Å². The SMILES string of the molecule is COc1cc(OC)c(Cl)c(-c2cc3cnc(Nc4ccc(N5CCOCC5)cc4)cc3n(C3CCN(C(=O)/C=C/CN(C)C)CC3)c2=O)c1Cl. The molecule has 264 valence electrons. The number of aromatic nitrogens is 2. The maximum Gasteiger partial charge on any atom is 0.259 e. The molecule has 50 heavy (non-hydrogen) atoms. The van der Waals surface area contributed by atoms with Crippen LogP contribution in [0.25, 0.3) is 22.0 Å². The van der Waals surface area contributed by atoms with E-state index in [0.717, 1.165) is 43.1 Å². The van der Waals surface area contributed by atoms with E-state index in [2.05, 4.69) is 22.3 Å². The van der Waals surface area contributed by atoms with Crippen molar-refractivity contribution in [3.05, 3.63) is 81.2 Å². The Balaban J connectivity index is 1.38. The third-order valence-corrected chi connectivity index (χ3v) is 9.90. The predicted octanol–water partition coefficient (Wildman–Crippen LogP) is 6.25. The molecule has 13 heteroatoms. The molecule has 0 aliphatic carbocycles. The minimum atomic E-state index is -0.265. The summed E-state index contributed by atoms with van der Waals surface area (Å²) in [6, 6.07) is 13.3. The van der Waals surface area contributed by atoms with Crippen LogP contribution >= 0.6 is 23.2 Å². The second-order valence-electron chi connectivity index (χ2n) is 12.6. The quantitative estimate of drug-likeness (QED) is 0.191. The van der Waals surface area contributed by atoms with Gasteiger partial charge in [-0.05, 0) is 57.3 Å². The molecular formula is C37H42Cl2N6O5. The molecule has 2 aromatic heterocycles. The molecule has 2 aromatic carbocycles. The average Bonchev–Trinajstić information content (AvgIpc) is 3.13. The number of methoxy groups -OCH3 is 2. The number of benzene rings is 2. The van der Waals surface area contributed by atoms with Crippen LogP contribution in [0.1, 0.15) is 18.9 Å². The van der Waals surface area contributed by atoms with Gasteiger partial charge in [0.2, 0.25) is 5.91 Å². The maximum absolute atomic E-state index is 14.7. The van der Waals surface area contributed by atoms with E-state index in [9.17, 15) is 9.59 Å². The Kier molecular flexibility index (Phi) is 11.2. The standard InChI is InChI=1S/C37H42Cl2N6O5/c1-42(2)13-5-6-33(46)44-14-11-27(12-15-44)45-29-21-32(41-25-7-9-26(10-8-25)43-16-18-50-19-17-43)40-23-24(29)20-28(37(45)47)34-35(38)30(48-3)22-31(49-4)36(34)39/h5-10,20-23,27H,11-19H2,1-4H3,(H,40,41)/b6-5+. The molecule has 0 bridgehead atoms. The molecule has 2 saturated heterocycles. The number of piperidine rings is 1. The molecule has 4 aromatic rings. The zero-order valence-electron chi connectivity index (χ0n) is 28.7. The summed E-state index contributed by atoms with van der Waals surface area (Å²) >= 11 is 13.7. The number of hydrogen-bond donors (Lipinski definition) is 1. The Morgan fingerprint density at radius 2 is 1.66 bits per heavy atom. The summed E-state index contributed by atoms with van der Waals surface area (Å²) in [6.45, 7) is 4.85. The summed E-state index contributed by atoms with van der Waals surface area (Å²) in [7, 11) is 6.90. The lowest BCUT2D eigenvalue weighted by Crippen LogP contribution is -2.40. The predicted molar refractivity (Wildman–Crippen MR) is 200 cm³/mol. The van der Waals surface area contributed by atoms with Crippen molar-refractivity contribution in [3.8, 4) is 22.6 Å². The number of morpholine rings is 1. The Morgan fingerprint density at radius 1 is 1.00 bits per heavy atom. The van der Waals surface area contributed by atoms with Crippen LogP contribution < -0.4 is 25.2 Å². The molecular weight excluding hydrogens is 679 g/mol. The van der Waals surface area contributed by atoms with Gasteiger partial charge in [-0.3, -0.25) is 9.59 Å². The molecule has 0 saturated carbocycles. The molecule has 0 unspecified atom stereocenters. The van der Waals surface area contributed by atoms with Gasteiger partial charge >= 0.3 is 0 Å². The van der Waals surface area contributed by atoms with Gasteiger partial charge in [-0.2, -0.15) is 0 Å². The lowest BCUT2D eigenvalue weighted by atomic mass is 10.00. The molecule has 0 spiro atoms. The molecule has 1 amide bonds. The van der Waals surface area contributed by atoms with Gasteiger partial charge in [0, 0.05) is 85.5 Å². The normalized spacial score (nSPS) is 15.7. The third kappa shape index (κ3) is 7.56. The number of rotatable bonds is 10. The van der Waals surface area contributed by atoms with E-state index in [-0.39, 0.29) is 27.6 Å².